The normalized spacial score (nSPS) is 15.5. The summed E-state index contributed by atoms with van der Waals surface area (Å²) in [6.07, 6.45) is 6.27. The molecule has 0 fully saturated rings. The molecule has 14 rings (SSSR count). The van der Waals surface area contributed by atoms with E-state index in [1.54, 1.807) is 0 Å². The third kappa shape index (κ3) is 20.3. The van der Waals surface area contributed by atoms with Crippen LogP contribution in [-0.2, 0) is 46.3 Å². The molecule has 6 heterocycles. The molecule has 482 valence electrons. The highest BCUT2D eigenvalue weighted by molar-refractivity contribution is 6.11. The van der Waals surface area contributed by atoms with Crippen LogP contribution in [0, 0.1) is 13.8 Å². The summed E-state index contributed by atoms with van der Waals surface area (Å²) in [5.41, 5.74) is 22.8. The van der Waals surface area contributed by atoms with Gasteiger partial charge >= 0.3 is 0 Å². The van der Waals surface area contributed by atoms with Gasteiger partial charge in [0.25, 0.3) is 0 Å². The molecule has 9 aromatic rings. The van der Waals surface area contributed by atoms with Crippen LogP contribution in [0.25, 0.3) is 22.3 Å². The van der Waals surface area contributed by atoms with E-state index in [4.69, 9.17) is 33.7 Å². The highest BCUT2D eigenvalue weighted by Gasteiger charge is 2.24. The molecule has 0 bridgehead atoms. The Morgan fingerprint density at radius 2 is 0.924 bits per heavy atom. The van der Waals surface area contributed by atoms with Crippen LogP contribution in [0.5, 0.6) is 11.5 Å². The summed E-state index contributed by atoms with van der Waals surface area (Å²) in [6, 6.07) is 60.8. The zero-order chi connectivity index (χ0) is 65.6. The fraction of sp³-hybridized carbons (Fsp3) is 0.338. The highest BCUT2D eigenvalue weighted by Crippen LogP contribution is 2.36. The van der Waals surface area contributed by atoms with Gasteiger partial charge in [-0.3, -0.25) is 19.8 Å². The number of carbonyl (C=O) groups excluding carboxylic acids is 1. The summed E-state index contributed by atoms with van der Waals surface area (Å²) in [7, 11) is 0. The first-order chi connectivity index (χ1) is 45.1. The Balaban J connectivity index is 0.000000173. The largest absolute Gasteiger partial charge is 0.487 e. The minimum atomic E-state index is 0.0801. The standard InChI is InChI=1S/C24H30O6.C22H16N2.C14H10N2.C12H16N2.4C2H6/c1-18-13-19(2)15-21(14-18)22(25)16-20-3-4-23-24(17-20)30-12-10-28-8-6-26-5-7-27-9-11-29-23;1-3-10-19-17(6-1)13-21(23-19)15-8-5-9-16(12-15)22-14-18-7-2-4-11-20(18)24-22;1-2-6-11(7-3-1)14-10-15-12-8-4-5-9-13(12)16-14;1-7-3-9-5-12-10(4-8(2)14-12)6-11(9)13-7;4*1-2/h3-4,13-15,17H,5-12,16H2,1-2H3;1-12H,13-14H2;1-10H;5-8,13-14H,3-4H2,1-2H3;4*1-2H3. The van der Waals surface area contributed by atoms with Gasteiger partial charge in [0, 0.05) is 53.8 Å². The number of anilines is 2. The monoisotopic (exact) mass is 1240 g/mol. The van der Waals surface area contributed by atoms with E-state index in [0.29, 0.717) is 82.9 Å². The maximum atomic E-state index is 12.8. The van der Waals surface area contributed by atoms with E-state index in [0.717, 1.165) is 80.2 Å². The summed E-state index contributed by atoms with van der Waals surface area (Å²) in [4.78, 5) is 31.4. The van der Waals surface area contributed by atoms with E-state index >= 15 is 0 Å². The number of aryl methyl sites for hydroxylation is 2. The van der Waals surface area contributed by atoms with Crippen LogP contribution in [0.3, 0.4) is 0 Å². The number of Topliss-reactive ketones (excluding diaryl/α,β-unsaturated/α-hetero) is 1. The lowest BCUT2D eigenvalue weighted by Crippen LogP contribution is -2.13. The van der Waals surface area contributed by atoms with E-state index in [-0.39, 0.29) is 5.78 Å². The van der Waals surface area contributed by atoms with Crippen molar-refractivity contribution in [3.8, 4) is 22.8 Å². The molecule has 2 atom stereocenters. The third-order valence-electron chi connectivity index (χ3n) is 15.1. The van der Waals surface area contributed by atoms with Crippen molar-refractivity contribution in [2.75, 3.05) is 63.5 Å². The molecule has 5 aliphatic heterocycles. The van der Waals surface area contributed by atoms with Gasteiger partial charge in [-0.2, -0.15) is 0 Å². The van der Waals surface area contributed by atoms with Gasteiger partial charge in [0.1, 0.15) is 13.2 Å². The molecule has 5 aliphatic rings. The summed E-state index contributed by atoms with van der Waals surface area (Å²) >= 11 is 0. The molecule has 12 heteroatoms. The molecule has 0 saturated carbocycles. The Morgan fingerprint density at radius 1 is 0.457 bits per heavy atom. The van der Waals surface area contributed by atoms with E-state index in [1.807, 2.05) is 172 Å². The van der Waals surface area contributed by atoms with Gasteiger partial charge in [-0.05, 0) is 146 Å². The van der Waals surface area contributed by atoms with Crippen LogP contribution in [0.2, 0.25) is 0 Å². The zero-order valence-electron chi connectivity index (χ0n) is 56.4. The SMILES string of the molecule is CC.CC.CC.CC.CC1Cc2cc3c(cc2N1)CC(C)N3.Cc1cc(C)cc(C(=O)Cc2ccc3c(c2)OCCOCCOCCOCCO3)c1.c1cc(C2=Nc3ccccc3C2)cc(C2=Nc3ccccc3C2)c1.c1ccc(-c2cnc3ccccc3n2)cc1. The maximum absolute atomic E-state index is 12.8. The fourth-order valence-corrected chi connectivity index (χ4v) is 11.1. The van der Waals surface area contributed by atoms with E-state index in [2.05, 4.69) is 113 Å². The van der Waals surface area contributed by atoms with Crippen molar-refractivity contribution in [1.29, 1.82) is 0 Å². The molecular formula is C80H96N6O6. The molecule has 0 spiro atoms. The van der Waals surface area contributed by atoms with Crippen LogP contribution >= 0.6 is 0 Å². The third-order valence-corrected chi connectivity index (χ3v) is 15.1. The number of nitrogens with one attached hydrogen (secondary N) is 2. The lowest BCUT2D eigenvalue weighted by molar-refractivity contribution is 0.00708. The number of nitrogens with zero attached hydrogens (tertiary/aromatic N) is 4. The van der Waals surface area contributed by atoms with Crippen LogP contribution in [0.1, 0.15) is 130 Å². The van der Waals surface area contributed by atoms with Crippen LogP contribution in [-0.4, -0.2) is 92.1 Å². The average Bonchev–Trinajstić information content (AvgIpc) is 1.71. The summed E-state index contributed by atoms with van der Waals surface area (Å²) < 4.78 is 28.1. The molecule has 8 aromatic carbocycles. The second-order valence-electron chi connectivity index (χ2n) is 21.9. The quantitative estimate of drug-likeness (QED) is 0.155. The summed E-state index contributed by atoms with van der Waals surface area (Å²) in [5.74, 6) is 1.32. The van der Waals surface area contributed by atoms with Gasteiger partial charge < -0.3 is 34.3 Å². The zero-order valence-corrected chi connectivity index (χ0v) is 56.4. The predicted molar refractivity (Wildman–Crippen MR) is 383 cm³/mol. The second-order valence-corrected chi connectivity index (χ2v) is 21.9. The van der Waals surface area contributed by atoms with Crippen molar-refractivity contribution in [3.63, 3.8) is 0 Å². The molecule has 0 radical (unpaired) electrons. The van der Waals surface area contributed by atoms with Crippen LogP contribution < -0.4 is 20.1 Å². The van der Waals surface area contributed by atoms with E-state index in [1.165, 1.54) is 57.6 Å². The Labute approximate surface area is 548 Å². The Kier molecular flexibility index (Phi) is 28.8. The molecule has 2 N–H and O–H groups in total. The molecule has 92 heavy (non-hydrogen) atoms. The number of para-hydroxylation sites is 4. The first kappa shape index (κ1) is 70.6. The summed E-state index contributed by atoms with van der Waals surface area (Å²) in [6.45, 7) is 28.3. The highest BCUT2D eigenvalue weighted by atomic mass is 16.6. The number of fused-ring (bicyclic) bond motifs is 6. The molecule has 0 amide bonds. The number of hydrogen-bond donors (Lipinski definition) is 2. The molecule has 2 unspecified atom stereocenters. The molecule has 1 aromatic heterocycles. The van der Waals surface area contributed by atoms with Crippen molar-refractivity contribution >= 4 is 51.0 Å². The van der Waals surface area contributed by atoms with Crippen molar-refractivity contribution < 1.29 is 28.5 Å². The van der Waals surface area contributed by atoms with Crippen molar-refractivity contribution in [1.82, 2.24) is 9.97 Å². The lowest BCUT2D eigenvalue weighted by atomic mass is 9.99. The number of benzene rings is 8. The maximum Gasteiger partial charge on any atom is 0.167 e. The van der Waals surface area contributed by atoms with Gasteiger partial charge in [0.15, 0.2) is 17.3 Å². The van der Waals surface area contributed by atoms with Gasteiger partial charge in [0.2, 0.25) is 0 Å². The minimum Gasteiger partial charge on any atom is -0.487 e. The fourth-order valence-electron chi connectivity index (χ4n) is 11.1. The van der Waals surface area contributed by atoms with Gasteiger partial charge in [-0.1, -0.05) is 176 Å². The molecular weight excluding hydrogens is 1140 g/mol. The minimum absolute atomic E-state index is 0.0801. The lowest BCUT2D eigenvalue weighted by Gasteiger charge is -2.14. The smallest absolute Gasteiger partial charge is 0.167 e. The number of ketones is 1. The summed E-state index contributed by atoms with van der Waals surface area (Å²) in [5, 5.41) is 7.03. The molecule has 0 aliphatic carbocycles. The number of rotatable bonds is 6. The van der Waals surface area contributed by atoms with Crippen molar-refractivity contribution in [3.05, 3.63) is 238 Å². The average molecular weight is 1240 g/mol. The van der Waals surface area contributed by atoms with Crippen LogP contribution in [0.15, 0.2) is 192 Å². The first-order valence-corrected chi connectivity index (χ1v) is 33.2. The molecule has 12 nitrogen and oxygen atoms in total. The Hall–Kier alpha value is -8.81. The number of ether oxygens (including phenoxy) is 5. The number of aliphatic imine (C=N–C) groups is 2. The Bertz CT molecular complexity index is 3660. The predicted octanol–water partition coefficient (Wildman–Crippen LogP) is 18.4. The number of hydrogen-bond acceptors (Lipinski definition) is 12. The van der Waals surface area contributed by atoms with Gasteiger partial charge in [-0.25, -0.2) is 4.98 Å². The first-order valence-electron chi connectivity index (χ1n) is 33.2. The second kappa shape index (κ2) is 37.5. The van der Waals surface area contributed by atoms with Crippen molar-refractivity contribution in [2.45, 2.75) is 127 Å². The topological polar surface area (TPSA) is 138 Å². The number of carbonyl (C=O) groups is 1. The van der Waals surface area contributed by atoms with E-state index < -0.39 is 0 Å². The Morgan fingerprint density at radius 3 is 1.46 bits per heavy atom. The van der Waals surface area contributed by atoms with Gasteiger partial charge in [-0.15, -0.1) is 0 Å². The van der Waals surface area contributed by atoms with Crippen molar-refractivity contribution in [2.24, 2.45) is 9.98 Å². The number of aromatic nitrogens is 2. The van der Waals surface area contributed by atoms with Gasteiger partial charge in [0.05, 0.1) is 85.4 Å². The van der Waals surface area contributed by atoms with E-state index in [9.17, 15) is 4.79 Å². The molecule has 0 saturated heterocycles. The van der Waals surface area contributed by atoms with Crippen LogP contribution in [0.4, 0.5) is 22.7 Å².